The summed E-state index contributed by atoms with van der Waals surface area (Å²) in [6.45, 7) is 0. The Morgan fingerprint density at radius 1 is 1.32 bits per heavy atom. The van der Waals surface area contributed by atoms with Gasteiger partial charge in [-0.1, -0.05) is 6.08 Å². The highest BCUT2D eigenvalue weighted by Gasteiger charge is 2.34. The monoisotopic (exact) mass is 270 g/mol. The van der Waals surface area contributed by atoms with E-state index >= 15 is 0 Å². The minimum atomic E-state index is -4.42. The van der Waals surface area contributed by atoms with E-state index in [-0.39, 0.29) is 11.1 Å². The van der Waals surface area contributed by atoms with Crippen LogP contribution in [0.3, 0.4) is 0 Å². The van der Waals surface area contributed by atoms with Crippen LogP contribution in [-0.4, -0.2) is 13.1 Å². The van der Waals surface area contributed by atoms with Crippen LogP contribution in [-0.2, 0) is 10.9 Å². The van der Waals surface area contributed by atoms with Crippen LogP contribution in [0.1, 0.15) is 40.7 Å². The number of hydrogen-bond acceptors (Lipinski definition) is 2. The number of alkyl halides is 3. The lowest BCUT2D eigenvalue weighted by atomic mass is 9.96. The number of carbonyl (C=O) groups is 1. The first kappa shape index (κ1) is 13.6. The number of allylic oxidation sites excluding steroid dienone is 2. The molecule has 0 radical (unpaired) electrons. The van der Waals surface area contributed by atoms with E-state index in [1.807, 2.05) is 0 Å². The normalized spacial score (nSPS) is 15.3. The van der Waals surface area contributed by atoms with E-state index in [0.29, 0.717) is 12.0 Å². The van der Waals surface area contributed by atoms with Crippen molar-refractivity contribution in [1.82, 2.24) is 0 Å². The van der Waals surface area contributed by atoms with Crippen molar-refractivity contribution in [1.29, 1.82) is 0 Å². The smallest absolute Gasteiger partial charge is 0.416 e. The van der Waals surface area contributed by atoms with Crippen LogP contribution in [0.5, 0.6) is 0 Å². The molecule has 0 aromatic heterocycles. The van der Waals surface area contributed by atoms with Gasteiger partial charge in [0.2, 0.25) is 0 Å². The van der Waals surface area contributed by atoms with Gasteiger partial charge < -0.3 is 4.74 Å². The molecule has 1 aliphatic carbocycles. The highest BCUT2D eigenvalue weighted by Crippen LogP contribution is 2.38. The Morgan fingerprint density at radius 3 is 2.58 bits per heavy atom. The Labute approximate surface area is 108 Å². The number of halogens is 3. The minimum absolute atomic E-state index is 0.0906. The van der Waals surface area contributed by atoms with Crippen molar-refractivity contribution < 1.29 is 22.7 Å². The summed E-state index contributed by atoms with van der Waals surface area (Å²) in [5, 5.41) is 0. The number of rotatable bonds is 2. The molecule has 5 heteroatoms. The van der Waals surface area contributed by atoms with Crippen LogP contribution in [0.2, 0.25) is 0 Å². The first-order valence-corrected chi connectivity index (χ1v) is 5.92. The third-order valence-corrected chi connectivity index (χ3v) is 3.13. The van der Waals surface area contributed by atoms with E-state index < -0.39 is 17.7 Å². The van der Waals surface area contributed by atoms with Crippen LogP contribution in [0.4, 0.5) is 13.2 Å². The van der Waals surface area contributed by atoms with Gasteiger partial charge in [-0.3, -0.25) is 0 Å². The van der Waals surface area contributed by atoms with E-state index in [1.165, 1.54) is 13.2 Å². The molecule has 2 nitrogen and oxygen atoms in total. The quantitative estimate of drug-likeness (QED) is 0.757. The van der Waals surface area contributed by atoms with Gasteiger partial charge in [0.1, 0.15) is 0 Å². The van der Waals surface area contributed by atoms with Crippen LogP contribution in [0.15, 0.2) is 24.3 Å². The van der Waals surface area contributed by atoms with Gasteiger partial charge in [-0.05, 0) is 48.6 Å². The lowest BCUT2D eigenvalue weighted by Gasteiger charge is -2.14. The average Bonchev–Trinajstić information content (AvgIpc) is 2.89. The van der Waals surface area contributed by atoms with E-state index in [2.05, 4.69) is 4.74 Å². The predicted octanol–water partition coefficient (Wildman–Crippen LogP) is 4.06. The molecule has 1 aliphatic rings. The van der Waals surface area contributed by atoms with Gasteiger partial charge in [0.05, 0.1) is 18.2 Å². The highest BCUT2D eigenvalue weighted by atomic mass is 19.4. The predicted molar refractivity (Wildman–Crippen MR) is 64.6 cm³/mol. The van der Waals surface area contributed by atoms with Crippen molar-refractivity contribution in [2.75, 3.05) is 7.11 Å². The van der Waals surface area contributed by atoms with Gasteiger partial charge in [0.25, 0.3) is 0 Å². The standard InChI is InChI=1S/C14H13F3O2/c1-19-13(18)10-6-7-12(14(15,16)17)11(8-10)9-4-2-3-5-9/h4,6-8H,2-3,5H2,1H3. The Kier molecular flexibility index (Phi) is 3.64. The van der Waals surface area contributed by atoms with Crippen molar-refractivity contribution in [3.8, 4) is 0 Å². The molecule has 0 heterocycles. The summed E-state index contributed by atoms with van der Waals surface area (Å²) >= 11 is 0. The fraction of sp³-hybridized carbons (Fsp3) is 0.357. The molecule has 1 aromatic carbocycles. The molecular weight excluding hydrogens is 257 g/mol. The molecule has 0 saturated heterocycles. The molecular formula is C14H13F3O2. The van der Waals surface area contributed by atoms with Gasteiger partial charge in [-0.15, -0.1) is 0 Å². The zero-order valence-corrected chi connectivity index (χ0v) is 10.4. The Morgan fingerprint density at radius 2 is 2.05 bits per heavy atom. The number of ether oxygens (including phenoxy) is 1. The molecule has 0 unspecified atom stereocenters. The molecule has 0 fully saturated rings. The summed E-state index contributed by atoms with van der Waals surface area (Å²) in [5.74, 6) is -0.631. The van der Waals surface area contributed by atoms with E-state index in [0.717, 1.165) is 25.0 Å². The van der Waals surface area contributed by atoms with Gasteiger partial charge in [0, 0.05) is 0 Å². The number of carbonyl (C=O) groups excluding carboxylic acids is 1. The SMILES string of the molecule is COC(=O)c1ccc(C(F)(F)F)c(C2=CCCC2)c1. The molecule has 19 heavy (non-hydrogen) atoms. The summed E-state index contributed by atoms with van der Waals surface area (Å²) in [6, 6.07) is 3.36. The molecule has 102 valence electrons. The molecule has 2 rings (SSSR count). The molecule has 1 aromatic rings. The molecule has 0 bridgehead atoms. The fourth-order valence-corrected chi connectivity index (χ4v) is 2.22. The Hall–Kier alpha value is -1.78. The van der Waals surface area contributed by atoms with Crippen molar-refractivity contribution in [3.05, 3.63) is 41.0 Å². The van der Waals surface area contributed by atoms with Crippen molar-refractivity contribution in [2.45, 2.75) is 25.4 Å². The minimum Gasteiger partial charge on any atom is -0.465 e. The topological polar surface area (TPSA) is 26.3 Å². The summed E-state index contributed by atoms with van der Waals surface area (Å²) < 4.78 is 43.5. The fourth-order valence-electron chi connectivity index (χ4n) is 2.22. The third-order valence-electron chi connectivity index (χ3n) is 3.13. The van der Waals surface area contributed by atoms with Crippen LogP contribution in [0.25, 0.3) is 5.57 Å². The van der Waals surface area contributed by atoms with Gasteiger partial charge in [-0.2, -0.15) is 13.2 Å². The molecule has 0 spiro atoms. The first-order valence-electron chi connectivity index (χ1n) is 5.92. The van der Waals surface area contributed by atoms with Crippen LogP contribution >= 0.6 is 0 Å². The van der Waals surface area contributed by atoms with E-state index in [1.54, 1.807) is 6.08 Å². The Balaban J connectivity index is 2.53. The number of benzene rings is 1. The molecule has 0 aliphatic heterocycles. The summed E-state index contributed by atoms with van der Waals surface area (Å²) in [6.07, 6.45) is -0.406. The summed E-state index contributed by atoms with van der Waals surface area (Å²) in [7, 11) is 1.20. The van der Waals surface area contributed by atoms with Gasteiger partial charge in [-0.25, -0.2) is 4.79 Å². The van der Waals surface area contributed by atoms with E-state index in [9.17, 15) is 18.0 Å². The van der Waals surface area contributed by atoms with Crippen LogP contribution in [0, 0.1) is 0 Å². The second-order valence-corrected chi connectivity index (χ2v) is 4.37. The molecule has 0 N–H and O–H groups in total. The molecule has 0 amide bonds. The second-order valence-electron chi connectivity index (χ2n) is 4.37. The van der Waals surface area contributed by atoms with Crippen LogP contribution < -0.4 is 0 Å². The number of esters is 1. The number of methoxy groups -OCH3 is 1. The van der Waals surface area contributed by atoms with E-state index in [4.69, 9.17) is 0 Å². The molecule has 0 atom stereocenters. The summed E-state index contributed by atoms with van der Waals surface area (Å²) in [4.78, 5) is 11.4. The lowest BCUT2D eigenvalue weighted by Crippen LogP contribution is -2.11. The van der Waals surface area contributed by atoms with Crippen molar-refractivity contribution in [3.63, 3.8) is 0 Å². The second kappa shape index (κ2) is 5.07. The maximum Gasteiger partial charge on any atom is 0.416 e. The van der Waals surface area contributed by atoms with Gasteiger partial charge >= 0.3 is 12.1 Å². The highest BCUT2D eigenvalue weighted by molar-refractivity contribution is 5.91. The zero-order chi connectivity index (χ0) is 14.0. The molecule has 0 saturated carbocycles. The summed E-state index contributed by atoms with van der Waals surface area (Å²) in [5.41, 5.74) is 0.178. The third kappa shape index (κ3) is 2.80. The maximum absolute atomic E-state index is 13.0. The zero-order valence-electron chi connectivity index (χ0n) is 10.4. The Bertz CT molecular complexity index is 530. The average molecular weight is 270 g/mol. The first-order chi connectivity index (χ1) is 8.93. The maximum atomic E-state index is 13.0. The lowest BCUT2D eigenvalue weighted by molar-refractivity contribution is -0.137. The van der Waals surface area contributed by atoms with Crippen molar-refractivity contribution in [2.24, 2.45) is 0 Å². The largest absolute Gasteiger partial charge is 0.465 e. The number of hydrogen-bond donors (Lipinski definition) is 0. The van der Waals surface area contributed by atoms with Crippen molar-refractivity contribution >= 4 is 11.5 Å². The van der Waals surface area contributed by atoms with Gasteiger partial charge in [0.15, 0.2) is 0 Å².